The number of nitrogens with one attached hydrogen (secondary N) is 1. The van der Waals surface area contributed by atoms with Gasteiger partial charge in [0, 0.05) is 19.1 Å². The summed E-state index contributed by atoms with van der Waals surface area (Å²) >= 11 is 0. The third kappa shape index (κ3) is 5.69. The molecule has 0 atom stereocenters. The van der Waals surface area contributed by atoms with Crippen molar-refractivity contribution >= 4 is 5.91 Å². The first-order valence-corrected chi connectivity index (χ1v) is 10.7. The number of hydrogen-bond donors (Lipinski definition) is 1. The van der Waals surface area contributed by atoms with Crippen molar-refractivity contribution < 1.29 is 31.9 Å². The van der Waals surface area contributed by atoms with E-state index in [0.717, 1.165) is 11.6 Å². The number of oxazole rings is 1. The maximum absolute atomic E-state index is 13.6. The van der Waals surface area contributed by atoms with Crippen LogP contribution >= 0.6 is 0 Å². The van der Waals surface area contributed by atoms with Gasteiger partial charge < -0.3 is 19.2 Å². The number of fused-ring (bicyclic) bond motifs is 1. The molecule has 1 aliphatic heterocycles. The third-order valence-electron chi connectivity index (χ3n) is 5.12. The van der Waals surface area contributed by atoms with Crippen LogP contribution in [0.1, 0.15) is 46.9 Å². The van der Waals surface area contributed by atoms with Gasteiger partial charge in [-0.25, -0.2) is 4.98 Å². The molecule has 180 valence electrons. The van der Waals surface area contributed by atoms with Crippen LogP contribution in [0.5, 0.6) is 11.5 Å². The first-order valence-electron chi connectivity index (χ1n) is 10.7. The number of ether oxygens (including phenoxy) is 2. The molecular formula is C24H24F3N3O4. The molecule has 0 saturated heterocycles. The Morgan fingerprint density at radius 3 is 2.62 bits per heavy atom. The Morgan fingerprint density at radius 1 is 1.09 bits per heavy atom. The number of nitrogens with zero attached hydrogens (tertiary/aromatic N) is 2. The fourth-order valence-corrected chi connectivity index (χ4v) is 3.66. The van der Waals surface area contributed by atoms with E-state index in [1.54, 1.807) is 23.1 Å². The molecule has 1 aromatic heterocycles. The van der Waals surface area contributed by atoms with Gasteiger partial charge in [-0.05, 0) is 43.2 Å². The lowest BCUT2D eigenvalue weighted by atomic mass is 10.1. The number of halogens is 3. The first-order chi connectivity index (χ1) is 16.2. The average molecular weight is 475 g/mol. The lowest BCUT2D eigenvalue weighted by Crippen LogP contribution is -2.30. The van der Waals surface area contributed by atoms with Gasteiger partial charge in [0.05, 0.1) is 12.1 Å². The standard InChI is InChI=1S/C24H24F3N3O4/c1-15(2)28-23(31)19-13-32-22(29-19)12-30(10-16-7-8-20-21(9-16)34-14-33-20)11-17-5-3-4-6-18(17)24(25,26)27/h3-9,13,15H,10-12,14H2,1-2H3,(H,28,31). The molecular weight excluding hydrogens is 451 g/mol. The molecule has 4 rings (SSSR count). The Balaban J connectivity index is 1.58. The van der Waals surface area contributed by atoms with Crippen molar-refractivity contribution in [2.24, 2.45) is 0 Å². The SMILES string of the molecule is CC(C)NC(=O)c1coc(CN(Cc2ccc3c(c2)OCO3)Cc2ccccc2C(F)(F)F)n1. The van der Waals surface area contributed by atoms with E-state index in [2.05, 4.69) is 10.3 Å². The van der Waals surface area contributed by atoms with Crippen molar-refractivity contribution in [3.05, 3.63) is 77.0 Å². The second-order valence-electron chi connectivity index (χ2n) is 8.24. The number of amides is 1. The average Bonchev–Trinajstić information content (AvgIpc) is 3.42. The van der Waals surface area contributed by atoms with Gasteiger partial charge in [-0.3, -0.25) is 9.69 Å². The highest BCUT2D eigenvalue weighted by Crippen LogP contribution is 2.34. The van der Waals surface area contributed by atoms with Crippen LogP contribution in [0.25, 0.3) is 0 Å². The summed E-state index contributed by atoms with van der Waals surface area (Å²) in [4.78, 5) is 18.2. The number of carbonyl (C=O) groups excluding carboxylic acids is 1. The second-order valence-corrected chi connectivity index (χ2v) is 8.24. The molecule has 2 heterocycles. The normalized spacial score (nSPS) is 13.0. The molecule has 0 bridgehead atoms. The molecule has 1 N–H and O–H groups in total. The Kier molecular flexibility index (Phi) is 6.78. The van der Waals surface area contributed by atoms with Crippen LogP contribution in [0.15, 0.2) is 53.1 Å². The minimum absolute atomic E-state index is 0.0139. The molecule has 0 unspecified atom stereocenters. The second kappa shape index (κ2) is 9.76. The van der Waals surface area contributed by atoms with Crippen molar-refractivity contribution in [2.45, 2.75) is 45.7 Å². The molecule has 7 nitrogen and oxygen atoms in total. The largest absolute Gasteiger partial charge is 0.454 e. The van der Waals surface area contributed by atoms with Crippen LogP contribution in [0.2, 0.25) is 0 Å². The number of rotatable bonds is 8. The van der Waals surface area contributed by atoms with Crippen LogP contribution in [0.3, 0.4) is 0 Å². The summed E-state index contributed by atoms with van der Waals surface area (Å²) in [6.45, 7) is 4.14. The summed E-state index contributed by atoms with van der Waals surface area (Å²) in [5.74, 6) is 1.04. The number of hydrogen-bond acceptors (Lipinski definition) is 6. The summed E-state index contributed by atoms with van der Waals surface area (Å²) in [5, 5.41) is 2.73. The number of benzene rings is 2. The molecule has 10 heteroatoms. The summed E-state index contributed by atoms with van der Waals surface area (Å²) in [6.07, 6.45) is -3.23. The molecule has 1 aliphatic rings. The van der Waals surface area contributed by atoms with E-state index in [4.69, 9.17) is 13.9 Å². The zero-order chi connectivity index (χ0) is 24.3. The van der Waals surface area contributed by atoms with Crippen molar-refractivity contribution in [1.82, 2.24) is 15.2 Å². The third-order valence-corrected chi connectivity index (χ3v) is 5.12. The number of aromatic nitrogens is 1. The van der Waals surface area contributed by atoms with Crippen molar-refractivity contribution in [2.75, 3.05) is 6.79 Å². The first kappa shape index (κ1) is 23.6. The van der Waals surface area contributed by atoms with Crippen LogP contribution in [-0.4, -0.2) is 28.6 Å². The van der Waals surface area contributed by atoms with Crippen LogP contribution in [-0.2, 0) is 25.8 Å². The highest BCUT2D eigenvalue weighted by atomic mass is 19.4. The van der Waals surface area contributed by atoms with E-state index < -0.39 is 11.7 Å². The predicted molar refractivity (Wildman–Crippen MR) is 116 cm³/mol. The maximum atomic E-state index is 13.6. The van der Waals surface area contributed by atoms with Crippen molar-refractivity contribution in [3.63, 3.8) is 0 Å². The predicted octanol–water partition coefficient (Wildman–Crippen LogP) is 4.76. The van der Waals surface area contributed by atoms with Gasteiger partial charge in [0.15, 0.2) is 17.2 Å². The van der Waals surface area contributed by atoms with E-state index in [1.807, 2.05) is 19.9 Å². The monoisotopic (exact) mass is 475 g/mol. The van der Waals surface area contributed by atoms with Gasteiger partial charge >= 0.3 is 6.18 Å². The number of alkyl halides is 3. The van der Waals surface area contributed by atoms with Gasteiger partial charge in [-0.1, -0.05) is 24.3 Å². The molecule has 0 aliphatic carbocycles. The fraction of sp³-hybridized carbons (Fsp3) is 0.333. The van der Waals surface area contributed by atoms with Gasteiger partial charge in [0.2, 0.25) is 12.7 Å². The molecule has 2 aromatic carbocycles. The van der Waals surface area contributed by atoms with Crippen LogP contribution in [0, 0.1) is 0 Å². The van der Waals surface area contributed by atoms with Crippen molar-refractivity contribution in [3.8, 4) is 11.5 Å². The Bertz CT molecular complexity index is 1160. The van der Waals surface area contributed by atoms with Crippen molar-refractivity contribution in [1.29, 1.82) is 0 Å². The van der Waals surface area contributed by atoms with E-state index in [9.17, 15) is 18.0 Å². The quantitative estimate of drug-likeness (QED) is 0.506. The minimum atomic E-state index is -4.48. The van der Waals surface area contributed by atoms with Gasteiger partial charge in [0.25, 0.3) is 5.91 Å². The molecule has 0 fully saturated rings. The van der Waals surface area contributed by atoms with Crippen LogP contribution in [0.4, 0.5) is 13.2 Å². The molecule has 3 aromatic rings. The summed E-state index contributed by atoms with van der Waals surface area (Å²) in [6, 6.07) is 10.8. The van der Waals surface area contributed by atoms with E-state index in [0.29, 0.717) is 18.0 Å². The molecule has 0 saturated carbocycles. The maximum Gasteiger partial charge on any atom is 0.416 e. The summed E-state index contributed by atoms with van der Waals surface area (Å²) < 4.78 is 56.9. The lowest BCUT2D eigenvalue weighted by Gasteiger charge is -2.23. The Hall–Kier alpha value is -3.53. The highest BCUT2D eigenvalue weighted by Gasteiger charge is 2.33. The smallest absolute Gasteiger partial charge is 0.416 e. The van der Waals surface area contributed by atoms with Gasteiger partial charge in [-0.15, -0.1) is 0 Å². The van der Waals surface area contributed by atoms with E-state index in [1.165, 1.54) is 18.4 Å². The van der Waals surface area contributed by atoms with Gasteiger partial charge in [-0.2, -0.15) is 13.2 Å². The van der Waals surface area contributed by atoms with Gasteiger partial charge in [0.1, 0.15) is 6.26 Å². The fourth-order valence-electron chi connectivity index (χ4n) is 3.66. The topological polar surface area (TPSA) is 76.8 Å². The highest BCUT2D eigenvalue weighted by molar-refractivity contribution is 5.92. The molecule has 0 radical (unpaired) electrons. The Morgan fingerprint density at radius 2 is 1.85 bits per heavy atom. The zero-order valence-electron chi connectivity index (χ0n) is 18.7. The molecule has 1 amide bonds. The molecule has 34 heavy (non-hydrogen) atoms. The molecule has 0 spiro atoms. The minimum Gasteiger partial charge on any atom is -0.454 e. The zero-order valence-corrected chi connectivity index (χ0v) is 18.7. The summed E-state index contributed by atoms with van der Waals surface area (Å²) in [5.41, 5.74) is 0.357. The number of carbonyl (C=O) groups is 1. The van der Waals surface area contributed by atoms with Crippen LogP contribution < -0.4 is 14.8 Å². The lowest BCUT2D eigenvalue weighted by molar-refractivity contribution is -0.138. The van der Waals surface area contributed by atoms with E-state index >= 15 is 0 Å². The van der Waals surface area contributed by atoms with E-state index in [-0.39, 0.29) is 49.0 Å². The summed E-state index contributed by atoms with van der Waals surface area (Å²) in [7, 11) is 0. The Labute approximate surface area is 194 Å².